The van der Waals surface area contributed by atoms with E-state index in [1.54, 1.807) is 29.2 Å². The standard InChI is InChI=1S/C27H39N3O6/c1-4-35-19-11-9-18(10-12-19)29-24(32)21-20-13-14-27(36-20)22(21)26(34)30(15-7-5-6-8-16-31)23(27)25(33)28-17(2)3/h9-12,17,20-23,31H,4-8,13-16H2,1-3H3,(H,28,33)(H,29,32)/t20-,21+,22+,23?,27?/m1/s1. The van der Waals surface area contributed by atoms with Crippen LogP contribution in [0.4, 0.5) is 5.69 Å². The zero-order valence-corrected chi connectivity index (χ0v) is 21.5. The minimum Gasteiger partial charge on any atom is -0.494 e. The monoisotopic (exact) mass is 501 g/mol. The van der Waals surface area contributed by atoms with E-state index in [4.69, 9.17) is 14.6 Å². The van der Waals surface area contributed by atoms with Gasteiger partial charge in [-0.25, -0.2) is 0 Å². The fraction of sp³-hybridized carbons (Fsp3) is 0.667. The van der Waals surface area contributed by atoms with Gasteiger partial charge in [0.2, 0.25) is 17.7 Å². The van der Waals surface area contributed by atoms with Crippen molar-refractivity contribution in [3.63, 3.8) is 0 Å². The molecular formula is C27H39N3O6. The highest BCUT2D eigenvalue weighted by molar-refractivity contribution is 6.02. The molecule has 9 heteroatoms. The lowest BCUT2D eigenvalue weighted by atomic mass is 9.70. The summed E-state index contributed by atoms with van der Waals surface area (Å²) in [5, 5.41) is 15.0. The van der Waals surface area contributed by atoms with Crippen molar-refractivity contribution in [3.8, 4) is 5.75 Å². The van der Waals surface area contributed by atoms with Gasteiger partial charge >= 0.3 is 0 Å². The van der Waals surface area contributed by atoms with Crippen LogP contribution in [0.2, 0.25) is 0 Å². The molecule has 9 nitrogen and oxygen atoms in total. The lowest BCUT2D eigenvalue weighted by Gasteiger charge is -2.34. The predicted molar refractivity (Wildman–Crippen MR) is 134 cm³/mol. The van der Waals surface area contributed by atoms with Crippen molar-refractivity contribution in [3.05, 3.63) is 24.3 Å². The van der Waals surface area contributed by atoms with E-state index >= 15 is 0 Å². The number of aliphatic hydroxyl groups is 1. The Morgan fingerprint density at radius 2 is 1.89 bits per heavy atom. The summed E-state index contributed by atoms with van der Waals surface area (Å²) in [6.07, 6.45) is 4.00. The summed E-state index contributed by atoms with van der Waals surface area (Å²) in [5.41, 5.74) is -0.354. The van der Waals surface area contributed by atoms with Crippen LogP contribution in [0, 0.1) is 11.8 Å². The van der Waals surface area contributed by atoms with Crippen molar-refractivity contribution in [2.75, 3.05) is 25.1 Å². The van der Waals surface area contributed by atoms with Crippen molar-refractivity contribution in [2.24, 2.45) is 11.8 Å². The van der Waals surface area contributed by atoms with Crippen LogP contribution in [0.3, 0.4) is 0 Å². The number of hydrogen-bond donors (Lipinski definition) is 3. The molecule has 3 aliphatic rings. The molecule has 2 bridgehead atoms. The molecule has 3 amide bonds. The van der Waals surface area contributed by atoms with Crippen LogP contribution >= 0.6 is 0 Å². The van der Waals surface area contributed by atoms with Crippen molar-refractivity contribution < 1.29 is 29.0 Å². The van der Waals surface area contributed by atoms with E-state index in [0.29, 0.717) is 31.7 Å². The Labute approximate surface area is 212 Å². The van der Waals surface area contributed by atoms with Gasteiger partial charge in [-0.1, -0.05) is 12.8 Å². The maximum atomic E-state index is 13.8. The number of carbonyl (C=O) groups excluding carboxylic acids is 3. The van der Waals surface area contributed by atoms with Gasteiger partial charge in [0.05, 0.1) is 24.5 Å². The molecule has 0 aromatic heterocycles. The number of ether oxygens (including phenoxy) is 2. The van der Waals surface area contributed by atoms with E-state index in [-0.39, 0.29) is 36.5 Å². The Bertz CT molecular complexity index is 951. The van der Waals surface area contributed by atoms with Gasteiger partial charge in [0.25, 0.3) is 0 Å². The minimum atomic E-state index is -0.980. The normalized spacial score (nSPS) is 28.5. The van der Waals surface area contributed by atoms with E-state index in [2.05, 4.69) is 10.6 Å². The van der Waals surface area contributed by atoms with E-state index in [0.717, 1.165) is 31.4 Å². The van der Waals surface area contributed by atoms with Gasteiger partial charge in [-0.2, -0.15) is 0 Å². The molecule has 198 valence electrons. The van der Waals surface area contributed by atoms with Crippen molar-refractivity contribution in [1.82, 2.24) is 10.2 Å². The number of unbranched alkanes of at least 4 members (excludes halogenated alkanes) is 3. The smallest absolute Gasteiger partial charge is 0.246 e. The summed E-state index contributed by atoms with van der Waals surface area (Å²) in [4.78, 5) is 42.3. The molecule has 3 heterocycles. The van der Waals surface area contributed by atoms with Gasteiger partial charge in [0.1, 0.15) is 17.4 Å². The van der Waals surface area contributed by atoms with Crippen LogP contribution in [0.5, 0.6) is 5.75 Å². The molecule has 4 rings (SSSR count). The van der Waals surface area contributed by atoms with Crippen LogP contribution < -0.4 is 15.4 Å². The summed E-state index contributed by atoms with van der Waals surface area (Å²) < 4.78 is 11.9. The SMILES string of the molecule is CCOc1ccc(NC(=O)[C@@H]2[C@H]3C(=O)N(CCCCCCO)C(C(=O)NC(C)C)C34CC[C@H]2O4)cc1. The Hall–Kier alpha value is -2.65. The lowest BCUT2D eigenvalue weighted by molar-refractivity contribution is -0.141. The van der Waals surface area contributed by atoms with E-state index in [9.17, 15) is 14.4 Å². The van der Waals surface area contributed by atoms with Crippen LogP contribution in [-0.2, 0) is 19.1 Å². The molecular weight excluding hydrogens is 462 g/mol. The second kappa shape index (κ2) is 11.2. The zero-order chi connectivity index (χ0) is 25.9. The molecule has 0 saturated carbocycles. The molecule has 3 saturated heterocycles. The number of nitrogens with zero attached hydrogens (tertiary/aromatic N) is 1. The third-order valence-electron chi connectivity index (χ3n) is 7.52. The predicted octanol–water partition coefficient (Wildman–Crippen LogP) is 2.48. The van der Waals surface area contributed by atoms with Gasteiger partial charge in [0, 0.05) is 24.9 Å². The summed E-state index contributed by atoms with van der Waals surface area (Å²) in [6.45, 7) is 6.83. The largest absolute Gasteiger partial charge is 0.494 e. The van der Waals surface area contributed by atoms with Crippen molar-refractivity contribution in [1.29, 1.82) is 0 Å². The second-order valence-electron chi connectivity index (χ2n) is 10.3. The number of anilines is 1. The number of rotatable bonds is 12. The Morgan fingerprint density at radius 3 is 2.56 bits per heavy atom. The highest BCUT2D eigenvalue weighted by Gasteiger charge is 2.74. The topological polar surface area (TPSA) is 117 Å². The Balaban J connectivity index is 1.55. The molecule has 1 aromatic carbocycles. The molecule has 5 atom stereocenters. The van der Waals surface area contributed by atoms with Gasteiger partial charge in [-0.3, -0.25) is 14.4 Å². The van der Waals surface area contributed by atoms with Crippen LogP contribution in [0.25, 0.3) is 0 Å². The number of hydrogen-bond acceptors (Lipinski definition) is 6. The highest BCUT2D eigenvalue weighted by Crippen LogP contribution is 2.58. The van der Waals surface area contributed by atoms with Gasteiger partial charge in [0.15, 0.2) is 0 Å². The number of benzene rings is 1. The number of amides is 3. The first kappa shape index (κ1) is 26.4. The fourth-order valence-corrected chi connectivity index (χ4v) is 6.13. The number of nitrogens with one attached hydrogen (secondary N) is 2. The summed E-state index contributed by atoms with van der Waals surface area (Å²) in [5.74, 6) is -1.25. The van der Waals surface area contributed by atoms with E-state index < -0.39 is 23.5 Å². The fourth-order valence-electron chi connectivity index (χ4n) is 6.13. The molecule has 3 fully saturated rings. The maximum Gasteiger partial charge on any atom is 0.246 e. The zero-order valence-electron chi connectivity index (χ0n) is 21.5. The molecule has 3 N–H and O–H groups in total. The quantitative estimate of drug-likeness (QED) is 0.379. The van der Waals surface area contributed by atoms with Crippen LogP contribution in [0.15, 0.2) is 24.3 Å². The average Bonchev–Trinajstić information content (AvgIpc) is 3.47. The second-order valence-corrected chi connectivity index (χ2v) is 10.3. The van der Waals surface area contributed by atoms with E-state index in [1.165, 1.54) is 0 Å². The van der Waals surface area contributed by atoms with Gasteiger partial charge in [-0.05, 0) is 70.7 Å². The number of carbonyl (C=O) groups is 3. The summed E-state index contributed by atoms with van der Waals surface area (Å²) in [7, 11) is 0. The molecule has 36 heavy (non-hydrogen) atoms. The first-order valence-corrected chi connectivity index (χ1v) is 13.3. The Kier molecular flexibility index (Phi) is 8.20. The van der Waals surface area contributed by atoms with Crippen molar-refractivity contribution in [2.45, 2.75) is 83.1 Å². The third-order valence-corrected chi connectivity index (χ3v) is 7.52. The molecule has 3 aliphatic heterocycles. The number of fused-ring (bicyclic) bond motifs is 1. The molecule has 1 spiro atoms. The number of likely N-dealkylation sites (tertiary alicyclic amines) is 1. The van der Waals surface area contributed by atoms with Crippen LogP contribution in [0.1, 0.15) is 59.3 Å². The first-order valence-electron chi connectivity index (χ1n) is 13.3. The molecule has 1 aromatic rings. The molecule has 0 radical (unpaired) electrons. The third kappa shape index (κ3) is 4.95. The minimum absolute atomic E-state index is 0.0770. The van der Waals surface area contributed by atoms with Crippen molar-refractivity contribution >= 4 is 23.4 Å². The molecule has 2 unspecified atom stereocenters. The first-order chi connectivity index (χ1) is 17.3. The van der Waals surface area contributed by atoms with Gasteiger partial charge < -0.3 is 30.1 Å². The lowest BCUT2D eigenvalue weighted by Crippen LogP contribution is -2.56. The maximum absolute atomic E-state index is 13.8. The Morgan fingerprint density at radius 1 is 1.17 bits per heavy atom. The highest BCUT2D eigenvalue weighted by atomic mass is 16.5. The van der Waals surface area contributed by atoms with Crippen LogP contribution in [-0.4, -0.2) is 71.3 Å². The van der Waals surface area contributed by atoms with E-state index in [1.807, 2.05) is 20.8 Å². The number of aliphatic hydroxyl groups excluding tert-OH is 1. The van der Waals surface area contributed by atoms with Gasteiger partial charge in [-0.15, -0.1) is 0 Å². The molecule has 0 aliphatic carbocycles. The summed E-state index contributed by atoms with van der Waals surface area (Å²) >= 11 is 0. The average molecular weight is 502 g/mol. The summed E-state index contributed by atoms with van der Waals surface area (Å²) in [6, 6.07) is 6.32.